The Hall–Kier alpha value is -3.52. The number of ether oxygens (including phenoxy) is 1. The molecule has 0 atom stereocenters. The number of carbonyl (C=O) groups excluding carboxylic acids is 1. The van der Waals surface area contributed by atoms with Gasteiger partial charge in [-0.2, -0.15) is 0 Å². The molecule has 6 nitrogen and oxygen atoms in total. The lowest BCUT2D eigenvalue weighted by molar-refractivity contribution is 0.102. The lowest BCUT2D eigenvalue weighted by Gasteiger charge is -2.13. The maximum atomic E-state index is 14.1. The number of nitrogens with zero attached hydrogens (tertiary/aromatic N) is 2. The summed E-state index contributed by atoms with van der Waals surface area (Å²) >= 11 is 1.42. The number of carbonyl (C=O) groups is 1. The Bertz CT molecular complexity index is 1340. The second kappa shape index (κ2) is 8.31. The van der Waals surface area contributed by atoms with Crippen LogP contribution in [0.5, 0.6) is 5.75 Å². The zero-order chi connectivity index (χ0) is 22.1. The van der Waals surface area contributed by atoms with Gasteiger partial charge in [0.1, 0.15) is 11.6 Å². The lowest BCUT2D eigenvalue weighted by Crippen LogP contribution is -2.19. The van der Waals surface area contributed by atoms with Gasteiger partial charge in [-0.05, 0) is 48.5 Å². The third-order valence-electron chi connectivity index (χ3n) is 5.03. The summed E-state index contributed by atoms with van der Waals surface area (Å²) in [6.07, 6.45) is 0. The number of aromatic nitrogens is 2. The van der Waals surface area contributed by atoms with E-state index in [0.29, 0.717) is 11.2 Å². The normalized spacial score (nSPS) is 11.0. The first-order valence-electron chi connectivity index (χ1n) is 9.46. The Morgan fingerprint density at radius 1 is 1.00 bits per heavy atom. The van der Waals surface area contributed by atoms with Crippen molar-refractivity contribution >= 4 is 34.4 Å². The van der Waals surface area contributed by atoms with Gasteiger partial charge < -0.3 is 10.1 Å². The number of fused-ring (bicyclic) bond motifs is 1. The van der Waals surface area contributed by atoms with Gasteiger partial charge in [0.05, 0.1) is 29.4 Å². The molecule has 3 aromatic carbocycles. The summed E-state index contributed by atoms with van der Waals surface area (Å²) in [7, 11) is 4.97. The largest absolute Gasteiger partial charge is 0.497 e. The zero-order valence-electron chi connectivity index (χ0n) is 17.2. The van der Waals surface area contributed by atoms with Crippen molar-refractivity contribution in [3.63, 3.8) is 0 Å². The molecule has 158 valence electrons. The molecule has 0 bridgehead atoms. The maximum absolute atomic E-state index is 14.1. The fraction of sp³-hybridized carbons (Fsp3) is 0.130. The fourth-order valence-corrected chi connectivity index (χ4v) is 4.23. The molecule has 0 aliphatic carbocycles. The van der Waals surface area contributed by atoms with Crippen molar-refractivity contribution < 1.29 is 13.9 Å². The van der Waals surface area contributed by atoms with Crippen LogP contribution >= 0.6 is 11.8 Å². The highest BCUT2D eigenvalue weighted by atomic mass is 32.2. The summed E-state index contributed by atoms with van der Waals surface area (Å²) in [5.74, 6) is -0.425. The van der Waals surface area contributed by atoms with E-state index < -0.39 is 11.7 Å². The minimum atomic E-state index is -0.599. The molecule has 4 aromatic rings. The zero-order valence-corrected chi connectivity index (χ0v) is 18.0. The minimum Gasteiger partial charge on any atom is -0.497 e. The molecule has 0 unspecified atom stereocenters. The Balaban J connectivity index is 1.80. The predicted octanol–water partition coefficient (Wildman–Crippen LogP) is 4.43. The monoisotopic (exact) mass is 437 g/mol. The van der Waals surface area contributed by atoms with Crippen LogP contribution in [0.25, 0.3) is 11.0 Å². The number of amides is 1. The molecule has 0 saturated heterocycles. The summed E-state index contributed by atoms with van der Waals surface area (Å²) in [4.78, 5) is 26.8. The topological polar surface area (TPSA) is 65.3 Å². The number of rotatable bonds is 5. The van der Waals surface area contributed by atoms with Crippen molar-refractivity contribution in [3.8, 4) is 5.75 Å². The van der Waals surface area contributed by atoms with Gasteiger partial charge in [-0.25, -0.2) is 9.18 Å². The van der Waals surface area contributed by atoms with Crippen LogP contribution in [0.3, 0.4) is 0 Å². The molecule has 1 aromatic heterocycles. The van der Waals surface area contributed by atoms with Crippen LogP contribution in [-0.2, 0) is 14.1 Å². The molecule has 0 saturated carbocycles. The van der Waals surface area contributed by atoms with Crippen molar-refractivity contribution in [2.75, 3.05) is 12.4 Å². The van der Waals surface area contributed by atoms with Crippen LogP contribution in [-0.4, -0.2) is 22.2 Å². The maximum Gasteiger partial charge on any atom is 0.328 e. The number of nitrogens with one attached hydrogen (secondary N) is 1. The van der Waals surface area contributed by atoms with Gasteiger partial charge in [0.2, 0.25) is 0 Å². The molecule has 1 heterocycles. The Morgan fingerprint density at radius 2 is 1.65 bits per heavy atom. The van der Waals surface area contributed by atoms with Crippen molar-refractivity contribution in [2.45, 2.75) is 9.79 Å². The summed E-state index contributed by atoms with van der Waals surface area (Å²) in [5, 5.41) is 2.81. The molecular formula is C23H20FN3O3S. The van der Waals surface area contributed by atoms with E-state index in [1.807, 2.05) is 30.3 Å². The molecule has 0 aliphatic heterocycles. The number of benzene rings is 3. The van der Waals surface area contributed by atoms with Crippen LogP contribution < -0.4 is 15.7 Å². The molecule has 1 N–H and O–H groups in total. The van der Waals surface area contributed by atoms with E-state index in [-0.39, 0.29) is 11.3 Å². The Labute approximate surface area is 182 Å². The highest BCUT2D eigenvalue weighted by Gasteiger charge is 2.17. The van der Waals surface area contributed by atoms with E-state index in [2.05, 4.69) is 5.32 Å². The number of anilines is 1. The van der Waals surface area contributed by atoms with Crippen LogP contribution in [0.4, 0.5) is 10.1 Å². The molecule has 0 fully saturated rings. The fourth-order valence-electron chi connectivity index (χ4n) is 3.31. The van der Waals surface area contributed by atoms with E-state index in [9.17, 15) is 14.0 Å². The highest BCUT2D eigenvalue weighted by molar-refractivity contribution is 7.99. The van der Waals surface area contributed by atoms with E-state index in [0.717, 1.165) is 21.1 Å². The van der Waals surface area contributed by atoms with Gasteiger partial charge in [-0.3, -0.25) is 13.9 Å². The average molecular weight is 437 g/mol. The van der Waals surface area contributed by atoms with Gasteiger partial charge in [-0.1, -0.05) is 23.9 Å². The van der Waals surface area contributed by atoms with Crippen LogP contribution in [0.1, 0.15) is 10.4 Å². The Morgan fingerprint density at radius 3 is 2.29 bits per heavy atom. The summed E-state index contributed by atoms with van der Waals surface area (Å²) < 4.78 is 22.4. The van der Waals surface area contributed by atoms with Gasteiger partial charge in [0.15, 0.2) is 0 Å². The molecular weight excluding hydrogens is 417 g/mol. The molecule has 0 aliphatic rings. The van der Waals surface area contributed by atoms with E-state index in [1.165, 1.54) is 34.5 Å². The number of aryl methyl sites for hydroxylation is 2. The summed E-state index contributed by atoms with van der Waals surface area (Å²) in [6, 6.07) is 16.9. The molecule has 1 amide bonds. The van der Waals surface area contributed by atoms with Crippen LogP contribution in [0.15, 0.2) is 75.2 Å². The first kappa shape index (κ1) is 20.7. The third kappa shape index (κ3) is 3.94. The Kier molecular flexibility index (Phi) is 5.56. The highest BCUT2D eigenvalue weighted by Crippen LogP contribution is 2.37. The SMILES string of the molecule is COc1ccc(Sc2cc3c(cc2NC(=O)c2ccccc2F)n(C)c(=O)n3C)cc1. The standard InChI is InChI=1S/C23H20FN3O3S/c1-26-19-12-18(25-22(28)16-6-4-5-7-17(16)24)21(13-20(19)27(2)23(26)29)31-15-10-8-14(30-3)9-11-15/h4-13H,1-3H3,(H,25,28). The number of hydrogen-bond acceptors (Lipinski definition) is 4. The second-order valence-electron chi connectivity index (χ2n) is 6.95. The van der Waals surface area contributed by atoms with E-state index in [4.69, 9.17) is 4.74 Å². The predicted molar refractivity (Wildman–Crippen MR) is 120 cm³/mol. The third-order valence-corrected chi connectivity index (χ3v) is 6.09. The number of halogens is 1. The number of imidazole rings is 1. The number of hydrogen-bond donors (Lipinski definition) is 1. The summed E-state index contributed by atoms with van der Waals surface area (Å²) in [5.41, 5.74) is 1.66. The van der Waals surface area contributed by atoms with Gasteiger partial charge in [0.25, 0.3) is 5.91 Å². The van der Waals surface area contributed by atoms with Crippen molar-refractivity contribution in [2.24, 2.45) is 14.1 Å². The van der Waals surface area contributed by atoms with E-state index >= 15 is 0 Å². The molecule has 0 spiro atoms. The summed E-state index contributed by atoms with van der Waals surface area (Å²) in [6.45, 7) is 0. The molecule has 31 heavy (non-hydrogen) atoms. The van der Waals surface area contributed by atoms with Crippen molar-refractivity contribution in [1.29, 1.82) is 0 Å². The number of methoxy groups -OCH3 is 1. The molecule has 8 heteroatoms. The van der Waals surface area contributed by atoms with Crippen molar-refractivity contribution in [1.82, 2.24) is 9.13 Å². The molecule has 0 radical (unpaired) electrons. The van der Waals surface area contributed by atoms with Gasteiger partial charge in [-0.15, -0.1) is 0 Å². The van der Waals surface area contributed by atoms with E-state index in [1.54, 1.807) is 37.9 Å². The minimum absolute atomic E-state index is 0.0510. The lowest BCUT2D eigenvalue weighted by atomic mass is 10.2. The molecule has 4 rings (SSSR count). The smallest absolute Gasteiger partial charge is 0.328 e. The quantitative estimate of drug-likeness (QED) is 0.502. The van der Waals surface area contributed by atoms with Crippen LogP contribution in [0.2, 0.25) is 0 Å². The average Bonchev–Trinajstić information content (AvgIpc) is 2.98. The first-order valence-corrected chi connectivity index (χ1v) is 10.3. The van der Waals surface area contributed by atoms with Crippen molar-refractivity contribution in [3.05, 3.63) is 82.5 Å². The van der Waals surface area contributed by atoms with Gasteiger partial charge >= 0.3 is 5.69 Å². The first-order chi connectivity index (χ1) is 14.9. The second-order valence-corrected chi connectivity index (χ2v) is 8.06. The van der Waals surface area contributed by atoms with Gasteiger partial charge in [0, 0.05) is 23.9 Å². The van der Waals surface area contributed by atoms with Crippen LogP contribution in [0, 0.1) is 5.82 Å².